The molecule has 1 aromatic carbocycles. The highest BCUT2D eigenvalue weighted by atomic mass is 35.5. The third-order valence-electron chi connectivity index (χ3n) is 3.63. The standard InChI is InChI=1S/C15H15ClN2O/c1-8-5-9(2)17-14(8)7-12-11-6-10(16)3-4-13(11)18-15(12)19/h3-6,12,17H,7H2,1-2H3,(H,18,19). The van der Waals surface area contributed by atoms with E-state index in [0.29, 0.717) is 11.4 Å². The van der Waals surface area contributed by atoms with Crippen LogP contribution in [0.5, 0.6) is 0 Å². The van der Waals surface area contributed by atoms with Gasteiger partial charge < -0.3 is 10.3 Å². The number of nitrogens with one attached hydrogen (secondary N) is 2. The van der Waals surface area contributed by atoms with Crippen LogP contribution in [0.15, 0.2) is 24.3 Å². The third kappa shape index (κ3) is 2.15. The van der Waals surface area contributed by atoms with Gasteiger partial charge in [0.25, 0.3) is 0 Å². The molecule has 1 amide bonds. The van der Waals surface area contributed by atoms with Crippen LogP contribution in [-0.4, -0.2) is 10.9 Å². The Morgan fingerprint density at radius 1 is 1.26 bits per heavy atom. The van der Waals surface area contributed by atoms with Crippen LogP contribution in [0.3, 0.4) is 0 Å². The van der Waals surface area contributed by atoms with E-state index < -0.39 is 0 Å². The normalized spacial score (nSPS) is 17.4. The number of carbonyl (C=O) groups excluding carboxylic acids is 1. The van der Waals surface area contributed by atoms with Crippen molar-refractivity contribution in [2.45, 2.75) is 26.2 Å². The Hall–Kier alpha value is -1.74. The molecule has 0 aliphatic carbocycles. The molecule has 2 aromatic rings. The van der Waals surface area contributed by atoms with Crippen LogP contribution < -0.4 is 5.32 Å². The SMILES string of the molecule is Cc1cc(C)c(CC2C(=O)Nc3ccc(Cl)cc32)[nH]1. The number of anilines is 1. The summed E-state index contributed by atoms with van der Waals surface area (Å²) in [6.45, 7) is 4.08. The number of H-pyrrole nitrogens is 1. The van der Waals surface area contributed by atoms with Gasteiger partial charge in [0.15, 0.2) is 0 Å². The minimum Gasteiger partial charge on any atom is -0.362 e. The lowest BCUT2D eigenvalue weighted by molar-refractivity contribution is -0.117. The van der Waals surface area contributed by atoms with Crippen molar-refractivity contribution in [3.8, 4) is 0 Å². The van der Waals surface area contributed by atoms with Crippen molar-refractivity contribution >= 4 is 23.2 Å². The third-order valence-corrected chi connectivity index (χ3v) is 3.86. The molecule has 1 atom stereocenters. The molecular weight excluding hydrogens is 260 g/mol. The van der Waals surface area contributed by atoms with Gasteiger partial charge in [-0.15, -0.1) is 0 Å². The maximum absolute atomic E-state index is 12.1. The monoisotopic (exact) mass is 274 g/mol. The zero-order valence-corrected chi connectivity index (χ0v) is 11.6. The van der Waals surface area contributed by atoms with Gasteiger partial charge in [-0.2, -0.15) is 0 Å². The molecule has 0 spiro atoms. The van der Waals surface area contributed by atoms with E-state index in [1.54, 1.807) is 6.07 Å². The van der Waals surface area contributed by atoms with Gasteiger partial charge in [0.05, 0.1) is 5.92 Å². The van der Waals surface area contributed by atoms with E-state index in [-0.39, 0.29) is 11.8 Å². The average molecular weight is 275 g/mol. The summed E-state index contributed by atoms with van der Waals surface area (Å²) in [6.07, 6.45) is 0.679. The zero-order chi connectivity index (χ0) is 13.6. The molecule has 0 bridgehead atoms. The summed E-state index contributed by atoms with van der Waals surface area (Å²) in [7, 11) is 0. The van der Waals surface area contributed by atoms with Crippen molar-refractivity contribution in [3.05, 3.63) is 51.8 Å². The van der Waals surface area contributed by atoms with Crippen molar-refractivity contribution in [1.29, 1.82) is 0 Å². The number of carbonyl (C=O) groups is 1. The molecule has 0 fully saturated rings. The van der Waals surface area contributed by atoms with Crippen molar-refractivity contribution in [3.63, 3.8) is 0 Å². The Labute approximate surface area is 117 Å². The number of hydrogen-bond donors (Lipinski definition) is 2. The van der Waals surface area contributed by atoms with Gasteiger partial charge in [-0.1, -0.05) is 11.6 Å². The highest BCUT2D eigenvalue weighted by Crippen LogP contribution is 2.36. The second-order valence-electron chi connectivity index (χ2n) is 5.09. The molecule has 0 saturated heterocycles. The summed E-state index contributed by atoms with van der Waals surface area (Å²) in [6, 6.07) is 7.64. The fourth-order valence-electron chi connectivity index (χ4n) is 2.70. The number of fused-ring (bicyclic) bond motifs is 1. The highest BCUT2D eigenvalue weighted by Gasteiger charge is 2.31. The molecule has 1 aromatic heterocycles. The predicted molar refractivity (Wildman–Crippen MR) is 76.8 cm³/mol. The smallest absolute Gasteiger partial charge is 0.232 e. The Morgan fingerprint density at radius 2 is 2.05 bits per heavy atom. The van der Waals surface area contributed by atoms with Crippen LogP contribution in [0.4, 0.5) is 5.69 Å². The van der Waals surface area contributed by atoms with Crippen LogP contribution in [0.2, 0.25) is 5.02 Å². The first kappa shape index (κ1) is 12.3. The van der Waals surface area contributed by atoms with Crippen LogP contribution in [-0.2, 0) is 11.2 Å². The lowest BCUT2D eigenvalue weighted by Gasteiger charge is -2.09. The molecule has 0 saturated carbocycles. The van der Waals surface area contributed by atoms with E-state index in [1.165, 1.54) is 5.56 Å². The summed E-state index contributed by atoms with van der Waals surface area (Å²) < 4.78 is 0. The minimum atomic E-state index is -0.162. The zero-order valence-electron chi connectivity index (χ0n) is 10.9. The maximum atomic E-state index is 12.1. The maximum Gasteiger partial charge on any atom is 0.232 e. The quantitative estimate of drug-likeness (QED) is 0.864. The van der Waals surface area contributed by atoms with Gasteiger partial charge in [0.1, 0.15) is 0 Å². The summed E-state index contributed by atoms with van der Waals surface area (Å²) >= 11 is 6.03. The van der Waals surface area contributed by atoms with E-state index in [1.807, 2.05) is 19.1 Å². The molecule has 2 N–H and O–H groups in total. The molecule has 1 aliphatic heterocycles. The van der Waals surface area contributed by atoms with E-state index in [2.05, 4.69) is 23.3 Å². The predicted octanol–water partition coefficient (Wildman–Crippen LogP) is 3.56. The topological polar surface area (TPSA) is 44.9 Å². The summed E-state index contributed by atoms with van der Waals surface area (Å²) in [4.78, 5) is 15.4. The fourth-order valence-corrected chi connectivity index (χ4v) is 2.88. The number of benzene rings is 1. The first-order chi connectivity index (χ1) is 9.04. The second kappa shape index (κ2) is 4.42. The summed E-state index contributed by atoms with van der Waals surface area (Å²) in [5.74, 6) is -0.116. The Bertz CT molecular complexity index is 660. The van der Waals surface area contributed by atoms with Crippen molar-refractivity contribution in [2.24, 2.45) is 0 Å². The largest absolute Gasteiger partial charge is 0.362 e. The number of amides is 1. The van der Waals surface area contributed by atoms with Crippen LogP contribution in [0.1, 0.15) is 28.4 Å². The Balaban J connectivity index is 1.96. The van der Waals surface area contributed by atoms with Gasteiger partial charge in [-0.3, -0.25) is 4.79 Å². The minimum absolute atomic E-state index is 0.0453. The van der Waals surface area contributed by atoms with E-state index >= 15 is 0 Å². The van der Waals surface area contributed by atoms with E-state index in [4.69, 9.17) is 11.6 Å². The molecule has 19 heavy (non-hydrogen) atoms. The molecule has 3 nitrogen and oxygen atoms in total. The van der Waals surface area contributed by atoms with Gasteiger partial charge >= 0.3 is 0 Å². The lowest BCUT2D eigenvalue weighted by atomic mass is 9.95. The van der Waals surface area contributed by atoms with Crippen LogP contribution >= 0.6 is 11.6 Å². The van der Waals surface area contributed by atoms with Gasteiger partial charge in [-0.05, 0) is 49.2 Å². The molecular formula is C15H15ClN2O. The van der Waals surface area contributed by atoms with Crippen molar-refractivity contribution in [1.82, 2.24) is 4.98 Å². The lowest BCUT2D eigenvalue weighted by Crippen LogP contribution is -2.14. The van der Waals surface area contributed by atoms with Crippen molar-refractivity contribution in [2.75, 3.05) is 5.32 Å². The Morgan fingerprint density at radius 3 is 2.74 bits per heavy atom. The van der Waals surface area contributed by atoms with Crippen molar-refractivity contribution < 1.29 is 4.79 Å². The van der Waals surface area contributed by atoms with Gasteiger partial charge in [-0.25, -0.2) is 0 Å². The molecule has 0 radical (unpaired) electrons. The molecule has 4 heteroatoms. The molecule has 1 aliphatic rings. The highest BCUT2D eigenvalue weighted by molar-refractivity contribution is 6.31. The number of rotatable bonds is 2. The Kier molecular flexibility index (Phi) is 2.86. The number of halogens is 1. The number of aryl methyl sites for hydroxylation is 2. The van der Waals surface area contributed by atoms with E-state index in [9.17, 15) is 4.79 Å². The summed E-state index contributed by atoms with van der Waals surface area (Å²) in [5, 5.41) is 3.58. The molecule has 3 rings (SSSR count). The average Bonchev–Trinajstić information content (AvgIpc) is 2.81. The molecule has 1 unspecified atom stereocenters. The van der Waals surface area contributed by atoms with Gasteiger partial charge in [0.2, 0.25) is 5.91 Å². The number of aromatic amines is 1. The molecule has 2 heterocycles. The molecule has 98 valence electrons. The summed E-state index contributed by atoms with van der Waals surface area (Å²) in [5.41, 5.74) is 5.30. The first-order valence-corrected chi connectivity index (χ1v) is 6.68. The number of hydrogen-bond acceptors (Lipinski definition) is 1. The van der Waals surface area contributed by atoms with Crippen LogP contribution in [0, 0.1) is 13.8 Å². The fraction of sp³-hybridized carbons (Fsp3) is 0.267. The van der Waals surface area contributed by atoms with Gasteiger partial charge in [0, 0.05) is 28.5 Å². The number of aromatic nitrogens is 1. The second-order valence-corrected chi connectivity index (χ2v) is 5.53. The first-order valence-electron chi connectivity index (χ1n) is 6.30. The van der Waals surface area contributed by atoms with Crippen LogP contribution in [0.25, 0.3) is 0 Å². The van der Waals surface area contributed by atoms with E-state index in [0.717, 1.165) is 22.6 Å².